The Morgan fingerprint density at radius 2 is 2.04 bits per heavy atom. The second kappa shape index (κ2) is 8.36. The second-order valence-electron chi connectivity index (χ2n) is 7.20. The normalized spacial score (nSPS) is 18.0. The van der Waals surface area contributed by atoms with Gasteiger partial charge in [-0.2, -0.15) is 0 Å². The lowest BCUT2D eigenvalue weighted by atomic mass is 10.0. The highest BCUT2D eigenvalue weighted by atomic mass is 16.2. The summed E-state index contributed by atoms with van der Waals surface area (Å²) in [7, 11) is 1.86. The maximum atomic E-state index is 12.6. The number of aryl methyl sites for hydroxylation is 1. The van der Waals surface area contributed by atoms with Crippen LogP contribution >= 0.6 is 0 Å². The summed E-state index contributed by atoms with van der Waals surface area (Å²) >= 11 is 0. The number of H-pyrrole nitrogens is 2. The quantitative estimate of drug-likeness (QED) is 0.828. The minimum Gasteiger partial charge on any atom is -0.341 e. The van der Waals surface area contributed by atoms with Crippen molar-refractivity contribution in [2.45, 2.75) is 38.6 Å². The highest BCUT2D eigenvalue weighted by Crippen LogP contribution is 2.16. The first-order valence-electron chi connectivity index (χ1n) is 9.32. The number of benzene rings is 1. The van der Waals surface area contributed by atoms with E-state index in [2.05, 4.69) is 39.4 Å². The summed E-state index contributed by atoms with van der Waals surface area (Å²) in [6, 6.07) is 10.7. The molecule has 1 aromatic carbocycles. The van der Waals surface area contributed by atoms with Gasteiger partial charge in [0, 0.05) is 37.4 Å². The molecule has 3 rings (SSSR count). The number of rotatable bonds is 6. The summed E-state index contributed by atoms with van der Waals surface area (Å²) in [5.74, 6) is 0.00751. The van der Waals surface area contributed by atoms with Crippen LogP contribution in [-0.2, 0) is 17.6 Å². The van der Waals surface area contributed by atoms with Gasteiger partial charge in [-0.05, 0) is 38.3 Å². The van der Waals surface area contributed by atoms with Crippen molar-refractivity contribution in [3.05, 3.63) is 57.5 Å². The van der Waals surface area contributed by atoms with Crippen LogP contribution in [0, 0.1) is 6.92 Å². The van der Waals surface area contributed by atoms with Gasteiger partial charge in [0.15, 0.2) is 0 Å². The van der Waals surface area contributed by atoms with Gasteiger partial charge in [-0.3, -0.25) is 14.7 Å². The van der Waals surface area contributed by atoms with E-state index in [0.29, 0.717) is 5.56 Å². The average molecular weight is 356 g/mol. The molecule has 6 nitrogen and oxygen atoms in total. The maximum Gasteiger partial charge on any atom is 0.267 e. The molecular formula is C20H28N4O2. The van der Waals surface area contributed by atoms with Gasteiger partial charge >= 0.3 is 0 Å². The molecular weight excluding hydrogens is 328 g/mol. The Morgan fingerprint density at radius 1 is 1.27 bits per heavy atom. The molecule has 0 saturated carbocycles. The topological polar surface area (TPSA) is 72.2 Å². The second-order valence-corrected chi connectivity index (χ2v) is 7.20. The van der Waals surface area contributed by atoms with Crippen molar-refractivity contribution < 1.29 is 4.79 Å². The molecule has 2 heterocycles. The number of hydrogen-bond donors (Lipinski definition) is 2. The molecule has 1 saturated heterocycles. The lowest BCUT2D eigenvalue weighted by Gasteiger charge is -2.37. The van der Waals surface area contributed by atoms with E-state index >= 15 is 0 Å². The Balaban J connectivity index is 1.54. The number of likely N-dealkylation sites (tertiary alicyclic amines) is 1. The molecule has 2 aromatic rings. The molecule has 1 amide bonds. The van der Waals surface area contributed by atoms with Crippen LogP contribution < -0.4 is 5.56 Å². The van der Waals surface area contributed by atoms with Crippen molar-refractivity contribution in [2.75, 3.05) is 26.7 Å². The number of hydrogen-bond acceptors (Lipinski definition) is 3. The number of amides is 1. The molecule has 0 aliphatic carbocycles. The molecule has 6 heteroatoms. The molecule has 1 aliphatic heterocycles. The number of nitrogens with zero attached hydrogens (tertiary/aromatic N) is 2. The van der Waals surface area contributed by atoms with E-state index in [1.807, 2.05) is 24.9 Å². The predicted octanol–water partition coefficient (Wildman–Crippen LogP) is 1.72. The molecule has 1 unspecified atom stereocenters. The van der Waals surface area contributed by atoms with Gasteiger partial charge in [0.1, 0.15) is 0 Å². The van der Waals surface area contributed by atoms with E-state index in [4.69, 9.17) is 0 Å². The maximum absolute atomic E-state index is 12.6. The Hall–Kier alpha value is -2.34. The van der Waals surface area contributed by atoms with E-state index in [-0.39, 0.29) is 23.9 Å². The first kappa shape index (κ1) is 18.5. The zero-order chi connectivity index (χ0) is 18.5. The Labute approximate surface area is 154 Å². The number of piperidine rings is 1. The molecule has 0 radical (unpaired) electrons. The van der Waals surface area contributed by atoms with Gasteiger partial charge < -0.3 is 14.9 Å². The molecule has 2 N–H and O–H groups in total. The molecule has 0 bridgehead atoms. The largest absolute Gasteiger partial charge is 0.341 e. The van der Waals surface area contributed by atoms with Crippen LogP contribution in [0.3, 0.4) is 0 Å². The van der Waals surface area contributed by atoms with Gasteiger partial charge in [-0.15, -0.1) is 0 Å². The van der Waals surface area contributed by atoms with E-state index in [9.17, 15) is 9.59 Å². The zero-order valence-electron chi connectivity index (χ0n) is 15.6. The fraction of sp³-hybridized carbons (Fsp3) is 0.500. The first-order chi connectivity index (χ1) is 12.5. The molecule has 1 atom stereocenters. The average Bonchev–Trinajstić information content (AvgIpc) is 2.98. The van der Waals surface area contributed by atoms with Crippen molar-refractivity contribution in [1.29, 1.82) is 0 Å². The number of carbonyl (C=O) groups excluding carboxylic acids is 1. The Kier molecular flexibility index (Phi) is 5.93. The lowest BCUT2D eigenvalue weighted by molar-refractivity contribution is -0.132. The van der Waals surface area contributed by atoms with E-state index < -0.39 is 0 Å². The third kappa shape index (κ3) is 4.43. The minimum absolute atomic E-state index is 0.00751. The number of aromatic nitrogens is 2. The number of carbonyl (C=O) groups is 1. The van der Waals surface area contributed by atoms with E-state index in [0.717, 1.165) is 44.6 Å². The summed E-state index contributed by atoms with van der Waals surface area (Å²) in [4.78, 5) is 28.7. The molecule has 1 aliphatic rings. The van der Waals surface area contributed by atoms with Crippen LogP contribution in [0.5, 0.6) is 0 Å². The van der Waals surface area contributed by atoms with Crippen molar-refractivity contribution >= 4 is 5.91 Å². The third-order valence-electron chi connectivity index (χ3n) is 5.40. The van der Waals surface area contributed by atoms with Gasteiger partial charge in [-0.25, -0.2) is 0 Å². The standard InChI is InChI=1S/C20H28N4O2/c1-15-18(20(26)22-21-15)13-19(25)23(2)17-9-6-11-24(14-17)12-10-16-7-4-3-5-8-16/h3-5,7-8,17H,6,9-14H2,1-2H3,(H2,21,22,26). The highest BCUT2D eigenvalue weighted by Gasteiger charge is 2.26. The van der Waals surface area contributed by atoms with Crippen LogP contribution in [-0.4, -0.2) is 58.6 Å². The Morgan fingerprint density at radius 3 is 2.73 bits per heavy atom. The fourth-order valence-corrected chi connectivity index (χ4v) is 3.65. The molecule has 26 heavy (non-hydrogen) atoms. The fourth-order valence-electron chi connectivity index (χ4n) is 3.65. The Bertz CT molecular complexity index is 781. The van der Waals surface area contributed by atoms with Gasteiger partial charge in [0.2, 0.25) is 5.91 Å². The van der Waals surface area contributed by atoms with Gasteiger partial charge in [0.25, 0.3) is 5.56 Å². The summed E-state index contributed by atoms with van der Waals surface area (Å²) in [6.45, 7) is 4.81. The van der Waals surface area contributed by atoms with E-state index in [1.165, 1.54) is 5.56 Å². The van der Waals surface area contributed by atoms with Crippen molar-refractivity contribution in [3.8, 4) is 0 Å². The monoisotopic (exact) mass is 356 g/mol. The predicted molar refractivity (Wildman–Crippen MR) is 102 cm³/mol. The highest BCUT2D eigenvalue weighted by molar-refractivity contribution is 5.79. The molecule has 0 spiro atoms. The van der Waals surface area contributed by atoms with Crippen molar-refractivity contribution in [3.63, 3.8) is 0 Å². The third-order valence-corrected chi connectivity index (χ3v) is 5.40. The van der Waals surface area contributed by atoms with Crippen molar-refractivity contribution in [1.82, 2.24) is 20.0 Å². The van der Waals surface area contributed by atoms with Gasteiger partial charge in [0.05, 0.1) is 6.42 Å². The number of likely N-dealkylation sites (N-methyl/N-ethyl adjacent to an activating group) is 1. The molecule has 1 aromatic heterocycles. The van der Waals surface area contributed by atoms with Crippen molar-refractivity contribution in [2.24, 2.45) is 0 Å². The minimum atomic E-state index is -0.197. The van der Waals surface area contributed by atoms with Crippen LogP contribution in [0.15, 0.2) is 35.1 Å². The first-order valence-corrected chi connectivity index (χ1v) is 9.32. The summed E-state index contributed by atoms with van der Waals surface area (Å²) in [5, 5.41) is 5.32. The zero-order valence-corrected chi connectivity index (χ0v) is 15.6. The van der Waals surface area contributed by atoms with Gasteiger partial charge in [-0.1, -0.05) is 30.3 Å². The van der Waals surface area contributed by atoms with Crippen LogP contribution in [0.2, 0.25) is 0 Å². The summed E-state index contributed by atoms with van der Waals surface area (Å²) in [5.41, 5.74) is 2.43. The number of nitrogens with one attached hydrogen (secondary N) is 2. The number of aromatic amines is 2. The molecule has 140 valence electrons. The summed E-state index contributed by atoms with van der Waals surface area (Å²) < 4.78 is 0. The lowest BCUT2D eigenvalue weighted by Crippen LogP contribution is -2.49. The van der Waals surface area contributed by atoms with Crippen LogP contribution in [0.25, 0.3) is 0 Å². The smallest absolute Gasteiger partial charge is 0.267 e. The molecule has 1 fully saturated rings. The van der Waals surface area contributed by atoms with Crippen LogP contribution in [0.1, 0.15) is 29.7 Å². The van der Waals surface area contributed by atoms with Crippen LogP contribution in [0.4, 0.5) is 0 Å². The SMILES string of the molecule is Cc1[nH][nH]c(=O)c1CC(=O)N(C)C1CCCN(CCc2ccccc2)C1. The van der Waals surface area contributed by atoms with E-state index in [1.54, 1.807) is 0 Å². The summed E-state index contributed by atoms with van der Waals surface area (Å²) in [6.07, 6.45) is 3.30.